The smallest absolute Gasteiger partial charge is 0.122 e. The average molecular weight is 236 g/mol. The summed E-state index contributed by atoms with van der Waals surface area (Å²) in [6.45, 7) is 9.10. The van der Waals surface area contributed by atoms with Gasteiger partial charge in [0, 0.05) is 17.8 Å². The molecule has 0 bridgehead atoms. The van der Waals surface area contributed by atoms with Crippen LogP contribution >= 0.6 is 0 Å². The molecule has 1 aromatic rings. The van der Waals surface area contributed by atoms with Crippen molar-refractivity contribution in [2.45, 2.75) is 39.2 Å². The molecule has 0 aromatic heterocycles. The Morgan fingerprint density at radius 3 is 2.47 bits per heavy atom. The van der Waals surface area contributed by atoms with E-state index in [2.05, 4.69) is 39.1 Å². The van der Waals surface area contributed by atoms with Gasteiger partial charge in [-0.25, -0.2) is 0 Å². The van der Waals surface area contributed by atoms with Crippen LogP contribution in [0.5, 0.6) is 5.75 Å². The fourth-order valence-corrected chi connectivity index (χ4v) is 1.71. The Balaban J connectivity index is 3.00. The van der Waals surface area contributed by atoms with Crippen molar-refractivity contribution in [2.24, 2.45) is 5.73 Å². The lowest BCUT2D eigenvalue weighted by Gasteiger charge is -2.26. The van der Waals surface area contributed by atoms with Crippen molar-refractivity contribution in [3.05, 3.63) is 23.8 Å². The van der Waals surface area contributed by atoms with Crippen LogP contribution in [0.1, 0.15) is 39.2 Å². The number of methoxy groups -OCH3 is 1. The Bertz CT molecular complexity index is 372. The van der Waals surface area contributed by atoms with E-state index in [-0.39, 0.29) is 5.54 Å². The molecule has 0 heterocycles. The van der Waals surface area contributed by atoms with Crippen LogP contribution < -0.4 is 15.8 Å². The van der Waals surface area contributed by atoms with Crippen molar-refractivity contribution < 1.29 is 4.74 Å². The van der Waals surface area contributed by atoms with Gasteiger partial charge in [-0.1, -0.05) is 13.8 Å². The zero-order valence-electron chi connectivity index (χ0n) is 11.5. The standard InChI is InChI=1S/C14H24N2O/c1-10(2)12-8-11(6-7-13(12)17-5)16-14(3,4)9-15/h6-8,10,16H,9,15H2,1-5H3. The van der Waals surface area contributed by atoms with Gasteiger partial charge in [-0.3, -0.25) is 0 Å². The highest BCUT2D eigenvalue weighted by atomic mass is 16.5. The first-order chi connectivity index (χ1) is 7.89. The van der Waals surface area contributed by atoms with Crippen LogP contribution in [0, 0.1) is 0 Å². The molecule has 0 saturated heterocycles. The van der Waals surface area contributed by atoms with E-state index in [0.717, 1.165) is 11.4 Å². The van der Waals surface area contributed by atoms with Gasteiger partial charge in [0.1, 0.15) is 5.75 Å². The second-order valence-corrected chi connectivity index (χ2v) is 5.32. The van der Waals surface area contributed by atoms with Gasteiger partial charge in [0.2, 0.25) is 0 Å². The third-order valence-corrected chi connectivity index (χ3v) is 2.84. The molecular formula is C14H24N2O. The zero-order chi connectivity index (χ0) is 13.1. The van der Waals surface area contributed by atoms with E-state index in [1.54, 1.807) is 7.11 Å². The maximum atomic E-state index is 5.72. The summed E-state index contributed by atoms with van der Waals surface area (Å²) in [4.78, 5) is 0. The van der Waals surface area contributed by atoms with E-state index in [0.29, 0.717) is 12.5 Å². The topological polar surface area (TPSA) is 47.3 Å². The molecule has 0 aliphatic heterocycles. The second kappa shape index (κ2) is 5.41. The van der Waals surface area contributed by atoms with Crippen LogP contribution in [0.4, 0.5) is 5.69 Å². The molecule has 0 unspecified atom stereocenters. The molecule has 0 atom stereocenters. The summed E-state index contributed by atoms with van der Waals surface area (Å²) < 4.78 is 5.37. The zero-order valence-corrected chi connectivity index (χ0v) is 11.5. The monoisotopic (exact) mass is 236 g/mol. The molecule has 3 nitrogen and oxygen atoms in total. The first kappa shape index (κ1) is 13.8. The summed E-state index contributed by atoms with van der Waals surface area (Å²) in [5.74, 6) is 1.38. The largest absolute Gasteiger partial charge is 0.496 e. The second-order valence-electron chi connectivity index (χ2n) is 5.32. The summed E-state index contributed by atoms with van der Waals surface area (Å²) in [6.07, 6.45) is 0. The van der Waals surface area contributed by atoms with Crippen LogP contribution in [-0.4, -0.2) is 19.2 Å². The highest BCUT2D eigenvalue weighted by Gasteiger charge is 2.16. The van der Waals surface area contributed by atoms with E-state index in [1.165, 1.54) is 5.56 Å². The Kier molecular flexibility index (Phi) is 4.40. The molecule has 0 radical (unpaired) electrons. The van der Waals surface area contributed by atoms with Crippen molar-refractivity contribution >= 4 is 5.69 Å². The molecule has 3 N–H and O–H groups in total. The van der Waals surface area contributed by atoms with Gasteiger partial charge in [-0.05, 0) is 43.5 Å². The van der Waals surface area contributed by atoms with Crippen molar-refractivity contribution in [3.8, 4) is 5.75 Å². The molecule has 3 heteroatoms. The minimum atomic E-state index is -0.0944. The number of hydrogen-bond acceptors (Lipinski definition) is 3. The number of ether oxygens (including phenoxy) is 1. The lowest BCUT2D eigenvalue weighted by molar-refractivity contribution is 0.407. The van der Waals surface area contributed by atoms with Crippen LogP contribution in [0.15, 0.2) is 18.2 Å². The Labute approximate surface area is 104 Å². The minimum Gasteiger partial charge on any atom is -0.496 e. The number of hydrogen-bond donors (Lipinski definition) is 2. The molecule has 1 aromatic carbocycles. The fourth-order valence-electron chi connectivity index (χ4n) is 1.71. The Morgan fingerprint density at radius 2 is 2.00 bits per heavy atom. The highest BCUT2D eigenvalue weighted by molar-refractivity contribution is 5.53. The fraction of sp³-hybridized carbons (Fsp3) is 0.571. The maximum absolute atomic E-state index is 5.72. The molecule has 96 valence electrons. The van der Waals surface area contributed by atoms with E-state index in [4.69, 9.17) is 10.5 Å². The van der Waals surface area contributed by atoms with Gasteiger partial charge < -0.3 is 15.8 Å². The van der Waals surface area contributed by atoms with E-state index >= 15 is 0 Å². The summed E-state index contributed by atoms with van der Waals surface area (Å²) >= 11 is 0. The van der Waals surface area contributed by atoms with Gasteiger partial charge in [-0.15, -0.1) is 0 Å². The first-order valence-corrected chi connectivity index (χ1v) is 6.06. The maximum Gasteiger partial charge on any atom is 0.122 e. The Hall–Kier alpha value is -1.22. The van der Waals surface area contributed by atoms with Gasteiger partial charge in [0.15, 0.2) is 0 Å². The number of anilines is 1. The number of benzene rings is 1. The number of nitrogens with two attached hydrogens (primary N) is 1. The molecule has 0 amide bonds. The summed E-state index contributed by atoms with van der Waals surface area (Å²) in [5.41, 5.74) is 7.93. The molecule has 0 aliphatic rings. The van der Waals surface area contributed by atoms with Crippen LogP contribution in [0.25, 0.3) is 0 Å². The number of nitrogens with one attached hydrogen (secondary N) is 1. The van der Waals surface area contributed by atoms with Crippen molar-refractivity contribution in [1.82, 2.24) is 0 Å². The number of rotatable bonds is 5. The van der Waals surface area contributed by atoms with E-state index < -0.39 is 0 Å². The quantitative estimate of drug-likeness (QED) is 0.826. The van der Waals surface area contributed by atoms with Gasteiger partial charge >= 0.3 is 0 Å². The molecule has 0 spiro atoms. The van der Waals surface area contributed by atoms with Crippen LogP contribution in [0.3, 0.4) is 0 Å². The molecule has 17 heavy (non-hydrogen) atoms. The van der Waals surface area contributed by atoms with Crippen molar-refractivity contribution in [3.63, 3.8) is 0 Å². The van der Waals surface area contributed by atoms with E-state index in [1.807, 2.05) is 12.1 Å². The molecule has 1 rings (SSSR count). The lowest BCUT2D eigenvalue weighted by Crippen LogP contribution is -2.39. The SMILES string of the molecule is COc1ccc(NC(C)(C)CN)cc1C(C)C. The average Bonchev–Trinajstić information content (AvgIpc) is 2.28. The summed E-state index contributed by atoms with van der Waals surface area (Å²) in [6, 6.07) is 6.17. The first-order valence-electron chi connectivity index (χ1n) is 6.06. The van der Waals surface area contributed by atoms with Crippen LogP contribution in [-0.2, 0) is 0 Å². The molecular weight excluding hydrogens is 212 g/mol. The summed E-state index contributed by atoms with van der Waals surface area (Å²) in [5, 5.41) is 3.43. The van der Waals surface area contributed by atoms with Gasteiger partial charge in [-0.2, -0.15) is 0 Å². The van der Waals surface area contributed by atoms with Gasteiger partial charge in [0.05, 0.1) is 7.11 Å². The van der Waals surface area contributed by atoms with Crippen LogP contribution in [0.2, 0.25) is 0 Å². The molecule has 0 aliphatic carbocycles. The van der Waals surface area contributed by atoms with Crippen molar-refractivity contribution in [1.29, 1.82) is 0 Å². The predicted octanol–water partition coefficient (Wildman–Crippen LogP) is 2.97. The minimum absolute atomic E-state index is 0.0944. The lowest BCUT2D eigenvalue weighted by atomic mass is 10.00. The third kappa shape index (κ3) is 3.63. The van der Waals surface area contributed by atoms with E-state index in [9.17, 15) is 0 Å². The van der Waals surface area contributed by atoms with Gasteiger partial charge in [0.25, 0.3) is 0 Å². The molecule has 0 saturated carbocycles. The Morgan fingerprint density at radius 1 is 1.35 bits per heavy atom. The third-order valence-electron chi connectivity index (χ3n) is 2.84. The highest BCUT2D eigenvalue weighted by Crippen LogP contribution is 2.30. The summed E-state index contributed by atoms with van der Waals surface area (Å²) in [7, 11) is 1.71. The van der Waals surface area contributed by atoms with Crippen molar-refractivity contribution in [2.75, 3.05) is 19.0 Å². The predicted molar refractivity (Wildman–Crippen MR) is 73.8 cm³/mol. The molecule has 0 fully saturated rings. The normalized spacial score (nSPS) is 11.7.